The molecule has 11 nitrogen and oxygen atoms in total. The first-order chi connectivity index (χ1) is 14.9. The number of ether oxygens (including phenoxy) is 2. The van der Waals surface area contributed by atoms with Crippen molar-refractivity contribution < 1.29 is 13.9 Å². The molecular weight excluding hydrogens is 429 g/mol. The van der Waals surface area contributed by atoms with Crippen molar-refractivity contribution in [2.24, 2.45) is 0 Å². The summed E-state index contributed by atoms with van der Waals surface area (Å²) in [7, 11) is 1.51. The van der Waals surface area contributed by atoms with E-state index in [0.29, 0.717) is 39.8 Å². The SMILES string of the molecule is COc1nc(C)ncc1-n1nc2c(c1C)Nc1ncc3c(Cl)nn(c3n1)C[C@@H](F)CO2. The Morgan fingerprint density at radius 1 is 1.23 bits per heavy atom. The number of aromatic nitrogens is 8. The second kappa shape index (κ2) is 7.30. The number of halogens is 2. The highest BCUT2D eigenvalue weighted by Crippen LogP contribution is 2.34. The van der Waals surface area contributed by atoms with Gasteiger partial charge in [-0.05, 0) is 13.8 Å². The van der Waals surface area contributed by atoms with Crippen LogP contribution in [0.2, 0.25) is 5.15 Å². The minimum Gasteiger partial charge on any atom is -0.479 e. The Bertz CT molecular complexity index is 1310. The van der Waals surface area contributed by atoms with Gasteiger partial charge in [-0.25, -0.2) is 23.7 Å². The summed E-state index contributed by atoms with van der Waals surface area (Å²) in [5.41, 5.74) is 2.06. The zero-order valence-corrected chi connectivity index (χ0v) is 17.6. The predicted octanol–water partition coefficient (Wildman–Crippen LogP) is 2.55. The standard InChI is InChI=1S/C18H17ClFN9O2/c1-8-13-17(27-29(8)12-5-21-9(2)23-16(12)30-3)31-7-10(20)6-28-15-11(14(19)26-28)4-22-18(24-13)25-15/h4-5,10H,6-7H2,1-3H3,(H,22,24,25)/t10-/m1/s1. The van der Waals surface area contributed by atoms with E-state index in [1.54, 1.807) is 24.0 Å². The van der Waals surface area contributed by atoms with Crippen molar-refractivity contribution in [1.82, 2.24) is 39.5 Å². The zero-order chi connectivity index (χ0) is 21.7. The summed E-state index contributed by atoms with van der Waals surface area (Å²) in [6.07, 6.45) is 1.77. The molecule has 0 unspecified atom stereocenters. The van der Waals surface area contributed by atoms with Gasteiger partial charge < -0.3 is 14.8 Å². The van der Waals surface area contributed by atoms with Crippen LogP contribution in [0.4, 0.5) is 16.0 Å². The normalized spacial score (nSPS) is 15.8. The van der Waals surface area contributed by atoms with E-state index in [4.69, 9.17) is 21.1 Å². The summed E-state index contributed by atoms with van der Waals surface area (Å²) in [6, 6.07) is 0. The summed E-state index contributed by atoms with van der Waals surface area (Å²) in [6.45, 7) is 3.26. The van der Waals surface area contributed by atoms with Gasteiger partial charge in [0.05, 0.1) is 30.9 Å². The van der Waals surface area contributed by atoms with Crippen LogP contribution in [0.15, 0.2) is 12.4 Å². The van der Waals surface area contributed by atoms with Crippen molar-refractivity contribution in [3.05, 3.63) is 29.1 Å². The van der Waals surface area contributed by atoms with Crippen molar-refractivity contribution in [2.75, 3.05) is 19.0 Å². The second-order valence-corrected chi connectivity index (χ2v) is 7.28. The molecule has 4 aromatic rings. The fourth-order valence-electron chi connectivity index (χ4n) is 3.33. The molecule has 0 amide bonds. The smallest absolute Gasteiger partial charge is 0.257 e. The number of aryl methyl sites for hydroxylation is 1. The number of methoxy groups -OCH3 is 1. The van der Waals surface area contributed by atoms with Crippen LogP contribution in [-0.2, 0) is 6.54 Å². The Hall–Kier alpha value is -3.54. The van der Waals surface area contributed by atoms with Crippen LogP contribution in [0, 0.1) is 13.8 Å². The molecule has 1 atom stereocenters. The van der Waals surface area contributed by atoms with Crippen molar-refractivity contribution >= 4 is 34.3 Å². The largest absolute Gasteiger partial charge is 0.479 e. The first-order valence-corrected chi connectivity index (χ1v) is 9.73. The van der Waals surface area contributed by atoms with Gasteiger partial charge in [0.1, 0.15) is 23.8 Å². The number of alkyl halides is 1. The summed E-state index contributed by atoms with van der Waals surface area (Å²) < 4.78 is 28.7. The number of hydrogen-bond donors (Lipinski definition) is 1. The van der Waals surface area contributed by atoms with Crippen molar-refractivity contribution in [1.29, 1.82) is 0 Å². The lowest BCUT2D eigenvalue weighted by Crippen LogP contribution is -2.20. The van der Waals surface area contributed by atoms with Gasteiger partial charge in [0.2, 0.25) is 11.8 Å². The maximum Gasteiger partial charge on any atom is 0.257 e. The molecule has 1 N–H and O–H groups in total. The zero-order valence-electron chi connectivity index (χ0n) is 16.8. The Labute approximate surface area is 180 Å². The van der Waals surface area contributed by atoms with E-state index in [9.17, 15) is 4.39 Å². The Morgan fingerprint density at radius 3 is 2.87 bits per heavy atom. The Balaban J connectivity index is 1.66. The first-order valence-electron chi connectivity index (χ1n) is 9.35. The average molecular weight is 446 g/mol. The molecule has 0 saturated heterocycles. The molecule has 1 aliphatic rings. The van der Waals surface area contributed by atoms with Gasteiger partial charge in [0.15, 0.2) is 17.0 Å². The van der Waals surface area contributed by atoms with Gasteiger partial charge in [-0.15, -0.1) is 5.10 Å². The van der Waals surface area contributed by atoms with Crippen molar-refractivity contribution in [3.63, 3.8) is 0 Å². The highest BCUT2D eigenvalue weighted by Gasteiger charge is 2.24. The van der Waals surface area contributed by atoms with Gasteiger partial charge in [-0.2, -0.15) is 15.1 Å². The molecule has 4 aromatic heterocycles. The summed E-state index contributed by atoms with van der Waals surface area (Å²) in [4.78, 5) is 17.3. The third-order valence-electron chi connectivity index (χ3n) is 4.81. The quantitative estimate of drug-likeness (QED) is 0.496. The van der Waals surface area contributed by atoms with Crippen molar-refractivity contribution in [2.45, 2.75) is 26.6 Å². The monoisotopic (exact) mass is 445 g/mol. The summed E-state index contributed by atoms with van der Waals surface area (Å²) >= 11 is 6.14. The number of fused-ring (bicyclic) bond motifs is 2. The highest BCUT2D eigenvalue weighted by molar-refractivity contribution is 6.34. The van der Waals surface area contributed by atoms with Crippen LogP contribution in [0.25, 0.3) is 16.7 Å². The van der Waals surface area contributed by atoms with E-state index in [1.807, 2.05) is 6.92 Å². The molecule has 5 rings (SSSR count). The lowest BCUT2D eigenvalue weighted by Gasteiger charge is -2.10. The lowest BCUT2D eigenvalue weighted by atomic mass is 10.3. The molecule has 0 spiro atoms. The van der Waals surface area contributed by atoms with Gasteiger partial charge in [-0.1, -0.05) is 11.6 Å². The summed E-state index contributed by atoms with van der Waals surface area (Å²) in [5.74, 6) is 1.35. The van der Waals surface area contributed by atoms with Gasteiger partial charge in [0, 0.05) is 6.20 Å². The Morgan fingerprint density at radius 2 is 2.06 bits per heavy atom. The van der Waals surface area contributed by atoms with E-state index in [1.165, 1.54) is 11.8 Å². The van der Waals surface area contributed by atoms with E-state index >= 15 is 0 Å². The second-order valence-electron chi connectivity index (χ2n) is 6.93. The predicted molar refractivity (Wildman–Crippen MR) is 109 cm³/mol. The van der Waals surface area contributed by atoms with E-state index in [2.05, 4.69) is 35.5 Å². The van der Waals surface area contributed by atoms with Crippen LogP contribution in [0.1, 0.15) is 11.5 Å². The average Bonchev–Trinajstić information content (AvgIpc) is 3.22. The molecule has 13 heteroatoms. The van der Waals surface area contributed by atoms with Crippen LogP contribution < -0.4 is 14.8 Å². The summed E-state index contributed by atoms with van der Waals surface area (Å²) in [5, 5.41) is 12.5. The number of nitrogens with zero attached hydrogens (tertiary/aromatic N) is 8. The van der Waals surface area contributed by atoms with E-state index in [-0.39, 0.29) is 30.1 Å². The molecule has 0 aromatic carbocycles. The lowest BCUT2D eigenvalue weighted by molar-refractivity contribution is 0.171. The fourth-order valence-corrected chi connectivity index (χ4v) is 3.55. The molecule has 160 valence electrons. The minimum atomic E-state index is -1.37. The van der Waals surface area contributed by atoms with Crippen LogP contribution in [-0.4, -0.2) is 59.4 Å². The Kier molecular flexibility index (Phi) is 4.58. The third-order valence-corrected chi connectivity index (χ3v) is 5.09. The number of anilines is 2. The topological polar surface area (TPSA) is 118 Å². The molecule has 1 aliphatic heterocycles. The van der Waals surface area contributed by atoms with Gasteiger partial charge in [0.25, 0.3) is 5.88 Å². The molecule has 0 radical (unpaired) electrons. The molecule has 5 heterocycles. The highest BCUT2D eigenvalue weighted by atomic mass is 35.5. The number of rotatable bonds is 2. The first kappa shape index (κ1) is 19.4. The maximum absolute atomic E-state index is 14.7. The number of nitrogens with one attached hydrogen (secondary N) is 1. The molecule has 0 fully saturated rings. The molecule has 0 saturated carbocycles. The molecule has 0 aliphatic carbocycles. The van der Waals surface area contributed by atoms with Crippen LogP contribution >= 0.6 is 11.6 Å². The third kappa shape index (κ3) is 3.28. The van der Waals surface area contributed by atoms with Crippen LogP contribution in [0.5, 0.6) is 11.8 Å². The van der Waals surface area contributed by atoms with Crippen LogP contribution in [0.3, 0.4) is 0 Å². The van der Waals surface area contributed by atoms with Crippen molar-refractivity contribution in [3.8, 4) is 17.4 Å². The fraction of sp³-hybridized carbons (Fsp3) is 0.333. The molecule has 2 bridgehead atoms. The van der Waals surface area contributed by atoms with Gasteiger partial charge in [-0.3, -0.25) is 0 Å². The maximum atomic E-state index is 14.7. The van der Waals surface area contributed by atoms with E-state index < -0.39 is 6.17 Å². The van der Waals surface area contributed by atoms with Gasteiger partial charge >= 0.3 is 0 Å². The van der Waals surface area contributed by atoms with E-state index in [0.717, 1.165) is 0 Å². The minimum absolute atomic E-state index is 0.0751. The molecule has 31 heavy (non-hydrogen) atoms. The molecular formula is C18H17ClFN9O2. The number of hydrogen-bond acceptors (Lipinski definition) is 9.